The van der Waals surface area contributed by atoms with Gasteiger partial charge in [0, 0.05) is 25.6 Å². The molecule has 1 amide bonds. The van der Waals surface area contributed by atoms with E-state index in [1.54, 1.807) is 0 Å². The molecule has 1 aliphatic rings. The lowest BCUT2D eigenvalue weighted by atomic mass is 10.1. The third-order valence-corrected chi connectivity index (χ3v) is 3.23. The first-order chi connectivity index (χ1) is 7.61. The minimum Gasteiger partial charge on any atom is -0.356 e. The Balaban J connectivity index is 0. The number of halogens is 2. The number of carbonyl (C=O) groups is 1. The van der Waals surface area contributed by atoms with E-state index in [0.29, 0.717) is 12.3 Å². The van der Waals surface area contributed by atoms with Crippen molar-refractivity contribution in [2.24, 2.45) is 11.7 Å². The van der Waals surface area contributed by atoms with Crippen LogP contribution in [0.15, 0.2) is 0 Å². The minimum atomic E-state index is 0. The van der Waals surface area contributed by atoms with Crippen LogP contribution in [0.5, 0.6) is 0 Å². The van der Waals surface area contributed by atoms with Gasteiger partial charge in [-0.1, -0.05) is 6.92 Å². The van der Waals surface area contributed by atoms with Gasteiger partial charge in [0.25, 0.3) is 0 Å². The van der Waals surface area contributed by atoms with Crippen LogP contribution in [-0.4, -0.2) is 43.0 Å². The third kappa shape index (κ3) is 8.14. The predicted octanol–water partition coefficient (Wildman–Crippen LogP) is 1.42. The summed E-state index contributed by atoms with van der Waals surface area (Å²) in [7, 11) is 0. The maximum absolute atomic E-state index is 11.5. The lowest BCUT2D eigenvalue weighted by Gasteiger charge is -2.14. The molecular formula is C12H27Cl2N3O. The molecule has 0 aromatic heterocycles. The molecule has 18 heavy (non-hydrogen) atoms. The molecule has 1 aliphatic heterocycles. The molecule has 110 valence electrons. The average Bonchev–Trinajstić information content (AvgIpc) is 2.71. The van der Waals surface area contributed by atoms with Crippen molar-refractivity contribution in [3.05, 3.63) is 0 Å². The van der Waals surface area contributed by atoms with Crippen LogP contribution in [-0.2, 0) is 4.79 Å². The molecular weight excluding hydrogens is 273 g/mol. The Bertz CT molecular complexity index is 227. The fourth-order valence-electron chi connectivity index (χ4n) is 2.07. The number of amides is 1. The minimum absolute atomic E-state index is 0. The van der Waals surface area contributed by atoms with Crippen LogP contribution in [0, 0.1) is 5.92 Å². The number of rotatable bonds is 6. The molecule has 4 nitrogen and oxygen atoms in total. The highest BCUT2D eigenvalue weighted by molar-refractivity contribution is 5.85. The van der Waals surface area contributed by atoms with Crippen LogP contribution in [0.3, 0.4) is 0 Å². The summed E-state index contributed by atoms with van der Waals surface area (Å²) >= 11 is 0. The molecule has 2 atom stereocenters. The van der Waals surface area contributed by atoms with Gasteiger partial charge in [0.15, 0.2) is 0 Å². The van der Waals surface area contributed by atoms with Gasteiger partial charge in [-0.3, -0.25) is 4.79 Å². The molecule has 0 aliphatic carbocycles. The van der Waals surface area contributed by atoms with Crippen molar-refractivity contribution in [1.29, 1.82) is 0 Å². The summed E-state index contributed by atoms with van der Waals surface area (Å²) in [5, 5.41) is 3.00. The van der Waals surface area contributed by atoms with Crippen LogP contribution in [0.25, 0.3) is 0 Å². The van der Waals surface area contributed by atoms with Crippen LogP contribution < -0.4 is 11.1 Å². The Labute approximate surface area is 123 Å². The van der Waals surface area contributed by atoms with Crippen LogP contribution in [0.4, 0.5) is 0 Å². The number of carbonyl (C=O) groups excluding carboxylic acids is 1. The van der Waals surface area contributed by atoms with E-state index in [4.69, 9.17) is 5.73 Å². The van der Waals surface area contributed by atoms with Crippen molar-refractivity contribution in [1.82, 2.24) is 10.2 Å². The second-order valence-corrected chi connectivity index (χ2v) is 4.87. The molecule has 2 unspecified atom stereocenters. The van der Waals surface area contributed by atoms with E-state index in [1.165, 1.54) is 13.0 Å². The lowest BCUT2D eigenvalue weighted by molar-refractivity contribution is -0.121. The van der Waals surface area contributed by atoms with Gasteiger partial charge < -0.3 is 16.0 Å². The van der Waals surface area contributed by atoms with E-state index >= 15 is 0 Å². The lowest BCUT2D eigenvalue weighted by Crippen LogP contribution is -2.31. The van der Waals surface area contributed by atoms with Crippen molar-refractivity contribution in [3.8, 4) is 0 Å². The van der Waals surface area contributed by atoms with Gasteiger partial charge >= 0.3 is 0 Å². The maximum Gasteiger partial charge on any atom is 0.220 e. The smallest absolute Gasteiger partial charge is 0.220 e. The summed E-state index contributed by atoms with van der Waals surface area (Å²) < 4.78 is 0. The van der Waals surface area contributed by atoms with E-state index < -0.39 is 0 Å². The number of nitrogens with two attached hydrogens (primary N) is 1. The van der Waals surface area contributed by atoms with Crippen molar-refractivity contribution in [2.45, 2.75) is 39.2 Å². The molecule has 0 bridgehead atoms. The van der Waals surface area contributed by atoms with E-state index in [9.17, 15) is 4.79 Å². The molecule has 1 saturated heterocycles. The van der Waals surface area contributed by atoms with Gasteiger partial charge in [-0.05, 0) is 38.8 Å². The number of hydrogen-bond donors (Lipinski definition) is 2. The molecule has 0 aromatic rings. The highest BCUT2D eigenvalue weighted by Gasteiger charge is 2.21. The fraction of sp³-hybridized carbons (Fsp3) is 0.917. The second-order valence-electron chi connectivity index (χ2n) is 4.87. The third-order valence-electron chi connectivity index (χ3n) is 3.23. The summed E-state index contributed by atoms with van der Waals surface area (Å²) in [5.74, 6) is 0.784. The molecule has 1 rings (SSSR count). The maximum atomic E-state index is 11.5. The molecule has 1 fully saturated rings. The molecule has 0 radical (unpaired) electrons. The molecule has 3 N–H and O–H groups in total. The van der Waals surface area contributed by atoms with Crippen molar-refractivity contribution in [2.75, 3.05) is 26.2 Å². The monoisotopic (exact) mass is 299 g/mol. The van der Waals surface area contributed by atoms with Gasteiger partial charge in [0.05, 0.1) is 0 Å². The zero-order valence-electron chi connectivity index (χ0n) is 11.4. The van der Waals surface area contributed by atoms with Gasteiger partial charge in [-0.2, -0.15) is 0 Å². The highest BCUT2D eigenvalue weighted by atomic mass is 35.5. The summed E-state index contributed by atoms with van der Waals surface area (Å²) in [6.07, 6.45) is 2.54. The topological polar surface area (TPSA) is 58.4 Å². The summed E-state index contributed by atoms with van der Waals surface area (Å²) in [6, 6.07) is 0.118. The SMILES string of the molecule is CCN1CCC(CNC(=O)CCC(C)N)C1.Cl.Cl. The molecule has 0 saturated carbocycles. The predicted molar refractivity (Wildman–Crippen MR) is 80.6 cm³/mol. The second kappa shape index (κ2) is 10.9. The Morgan fingerprint density at radius 1 is 1.50 bits per heavy atom. The van der Waals surface area contributed by atoms with Gasteiger partial charge in [-0.25, -0.2) is 0 Å². The van der Waals surface area contributed by atoms with E-state index in [-0.39, 0.29) is 36.8 Å². The normalized spacial score (nSPS) is 20.7. The molecule has 6 heteroatoms. The quantitative estimate of drug-likeness (QED) is 0.780. The van der Waals surface area contributed by atoms with E-state index in [0.717, 1.165) is 26.1 Å². The van der Waals surface area contributed by atoms with Gasteiger partial charge in [0.1, 0.15) is 0 Å². The van der Waals surface area contributed by atoms with Crippen LogP contribution in [0.1, 0.15) is 33.1 Å². The Morgan fingerprint density at radius 2 is 2.17 bits per heavy atom. The van der Waals surface area contributed by atoms with Crippen molar-refractivity contribution >= 4 is 30.7 Å². The average molecular weight is 300 g/mol. The van der Waals surface area contributed by atoms with Crippen LogP contribution >= 0.6 is 24.8 Å². The van der Waals surface area contributed by atoms with Gasteiger partial charge in [-0.15, -0.1) is 24.8 Å². The zero-order chi connectivity index (χ0) is 12.0. The summed E-state index contributed by atoms with van der Waals surface area (Å²) in [5.41, 5.74) is 5.61. The number of nitrogens with zero attached hydrogens (tertiary/aromatic N) is 1. The first kappa shape index (κ1) is 20.3. The van der Waals surface area contributed by atoms with E-state index in [2.05, 4.69) is 17.1 Å². The number of nitrogens with one attached hydrogen (secondary N) is 1. The Kier molecular flexibility index (Phi) is 12.2. The number of likely N-dealkylation sites (tertiary alicyclic amines) is 1. The van der Waals surface area contributed by atoms with Crippen molar-refractivity contribution < 1.29 is 4.79 Å². The van der Waals surface area contributed by atoms with Gasteiger partial charge in [0.2, 0.25) is 5.91 Å². The van der Waals surface area contributed by atoms with Crippen LogP contribution in [0.2, 0.25) is 0 Å². The Hall–Kier alpha value is -0.0300. The molecule has 0 aromatic carbocycles. The summed E-state index contributed by atoms with van der Waals surface area (Å²) in [4.78, 5) is 13.9. The van der Waals surface area contributed by atoms with E-state index in [1.807, 2.05) is 6.92 Å². The highest BCUT2D eigenvalue weighted by Crippen LogP contribution is 2.14. The summed E-state index contributed by atoms with van der Waals surface area (Å²) in [6.45, 7) is 8.37. The standard InChI is InChI=1S/C12H25N3O.2ClH/c1-3-15-7-6-11(9-15)8-14-12(16)5-4-10(2)13;;/h10-11H,3-9,13H2,1-2H3,(H,14,16);2*1H. The first-order valence-electron chi connectivity index (χ1n) is 6.36. The van der Waals surface area contributed by atoms with Crippen molar-refractivity contribution in [3.63, 3.8) is 0 Å². The fourth-order valence-corrected chi connectivity index (χ4v) is 2.07. The molecule has 1 heterocycles. The molecule has 0 spiro atoms. The largest absolute Gasteiger partial charge is 0.356 e. The zero-order valence-corrected chi connectivity index (χ0v) is 13.0. The first-order valence-corrected chi connectivity index (χ1v) is 6.36. The number of hydrogen-bond acceptors (Lipinski definition) is 3. The Morgan fingerprint density at radius 3 is 2.67 bits per heavy atom.